The van der Waals surface area contributed by atoms with E-state index in [2.05, 4.69) is 16.9 Å². The summed E-state index contributed by atoms with van der Waals surface area (Å²) in [5.41, 5.74) is 1.71. The fraction of sp³-hybridized carbons (Fsp3) is 0.214. The number of imidazole rings is 1. The number of hydrogen-bond donors (Lipinski definition) is 1. The molecule has 0 aliphatic carbocycles. The van der Waals surface area contributed by atoms with Crippen molar-refractivity contribution in [1.29, 1.82) is 0 Å². The van der Waals surface area contributed by atoms with E-state index in [-0.39, 0.29) is 5.56 Å². The van der Waals surface area contributed by atoms with Gasteiger partial charge in [0.1, 0.15) is 17.0 Å². The zero-order valence-electron chi connectivity index (χ0n) is 11.3. The topological polar surface area (TPSA) is 81.2 Å². The number of aryl methyl sites for hydroxylation is 1. The number of aromatic nitrogens is 3. The van der Waals surface area contributed by atoms with Crippen molar-refractivity contribution in [1.82, 2.24) is 14.5 Å². The lowest BCUT2D eigenvalue weighted by Gasteiger charge is -2.02. The second-order valence-electron chi connectivity index (χ2n) is 4.51. The van der Waals surface area contributed by atoms with Crippen LogP contribution in [0.25, 0.3) is 22.2 Å². The molecule has 7 heteroatoms. The van der Waals surface area contributed by atoms with Gasteiger partial charge in [-0.3, -0.25) is 0 Å². The molecule has 0 amide bonds. The number of carboxylic acids is 1. The molecule has 0 unspecified atom stereocenters. The largest absolute Gasteiger partial charge is 0.478 e. The molecule has 0 radical (unpaired) electrons. The van der Waals surface area contributed by atoms with E-state index in [1.807, 2.05) is 9.95 Å². The van der Waals surface area contributed by atoms with E-state index in [0.29, 0.717) is 11.5 Å². The molecule has 0 saturated carbocycles. The molecule has 0 fully saturated rings. The fourth-order valence-corrected chi connectivity index (χ4v) is 2.84. The molecule has 0 aliphatic heterocycles. The van der Waals surface area contributed by atoms with Gasteiger partial charge in [0.2, 0.25) is 0 Å². The first-order chi connectivity index (χ1) is 10.2. The van der Waals surface area contributed by atoms with Crippen molar-refractivity contribution < 1.29 is 14.3 Å². The first kappa shape index (κ1) is 13.6. The lowest BCUT2D eigenvalue weighted by Crippen LogP contribution is -1.96. The molecular formula is C14H13N3O3S. The molecule has 0 saturated heterocycles. The minimum Gasteiger partial charge on any atom is -0.478 e. The molecule has 0 spiro atoms. The van der Waals surface area contributed by atoms with Crippen LogP contribution in [0.15, 0.2) is 34.7 Å². The Morgan fingerprint density at radius 1 is 1.52 bits per heavy atom. The van der Waals surface area contributed by atoms with Crippen LogP contribution < -0.4 is 0 Å². The highest BCUT2D eigenvalue weighted by Gasteiger charge is 2.15. The number of carboxylic acid groups (broad SMARTS) is 1. The van der Waals surface area contributed by atoms with Crippen LogP contribution in [0, 0.1) is 0 Å². The number of aromatic carboxylic acids is 1. The van der Waals surface area contributed by atoms with Crippen LogP contribution in [-0.2, 0) is 6.54 Å². The molecule has 3 rings (SSSR count). The summed E-state index contributed by atoms with van der Waals surface area (Å²) in [5, 5.41) is 11.6. The third-order valence-corrected chi connectivity index (χ3v) is 3.86. The van der Waals surface area contributed by atoms with Gasteiger partial charge in [-0.15, -0.1) is 11.3 Å². The molecular weight excluding hydrogens is 290 g/mol. The second kappa shape index (κ2) is 5.53. The molecule has 0 bridgehead atoms. The molecule has 0 atom stereocenters. The molecule has 6 nitrogen and oxygen atoms in total. The minimum absolute atomic E-state index is 0.121. The van der Waals surface area contributed by atoms with Crippen LogP contribution in [0.4, 0.5) is 0 Å². The smallest absolute Gasteiger partial charge is 0.338 e. The number of hydrogen-bond acceptors (Lipinski definition) is 5. The standard InChI is InChI=1S/C14H13N3O3S/c1-2-3-17-8-15-5-11(17)13-16-10(7-21-13)12-4-9(6-20-12)14(18)19/h4-8H,2-3H2,1H3,(H,18,19). The number of furan rings is 1. The Morgan fingerprint density at radius 2 is 2.38 bits per heavy atom. The van der Waals surface area contributed by atoms with Crippen LogP contribution in [0.5, 0.6) is 0 Å². The summed E-state index contributed by atoms with van der Waals surface area (Å²) in [6.07, 6.45) is 5.80. The normalized spacial score (nSPS) is 10.9. The molecule has 1 N–H and O–H groups in total. The Morgan fingerprint density at radius 3 is 3.10 bits per heavy atom. The summed E-state index contributed by atoms with van der Waals surface area (Å²) in [7, 11) is 0. The highest BCUT2D eigenvalue weighted by atomic mass is 32.1. The summed E-state index contributed by atoms with van der Waals surface area (Å²) < 4.78 is 7.31. The lowest BCUT2D eigenvalue weighted by molar-refractivity contribution is 0.0696. The molecule has 0 aromatic carbocycles. The van der Waals surface area contributed by atoms with E-state index in [1.165, 1.54) is 23.7 Å². The highest BCUT2D eigenvalue weighted by molar-refractivity contribution is 7.13. The van der Waals surface area contributed by atoms with Crippen LogP contribution in [-0.4, -0.2) is 25.6 Å². The molecule has 3 aromatic heterocycles. The van der Waals surface area contributed by atoms with Gasteiger partial charge >= 0.3 is 5.97 Å². The van der Waals surface area contributed by atoms with Gasteiger partial charge in [-0.2, -0.15) is 0 Å². The van der Waals surface area contributed by atoms with Crippen molar-refractivity contribution in [2.75, 3.05) is 0 Å². The van der Waals surface area contributed by atoms with Crippen molar-refractivity contribution in [3.05, 3.63) is 35.8 Å². The van der Waals surface area contributed by atoms with Gasteiger partial charge < -0.3 is 14.1 Å². The van der Waals surface area contributed by atoms with Crippen LogP contribution in [0.1, 0.15) is 23.7 Å². The first-order valence-corrected chi connectivity index (χ1v) is 7.35. The van der Waals surface area contributed by atoms with Crippen molar-refractivity contribution in [2.45, 2.75) is 19.9 Å². The van der Waals surface area contributed by atoms with Gasteiger partial charge in [0.25, 0.3) is 0 Å². The molecule has 21 heavy (non-hydrogen) atoms. The summed E-state index contributed by atoms with van der Waals surface area (Å²) in [6.45, 7) is 2.99. The molecule has 0 aliphatic rings. The average molecular weight is 303 g/mol. The Balaban J connectivity index is 1.92. The monoisotopic (exact) mass is 303 g/mol. The zero-order chi connectivity index (χ0) is 14.8. The van der Waals surface area contributed by atoms with Gasteiger partial charge in [0, 0.05) is 18.0 Å². The number of rotatable bonds is 5. The third-order valence-electron chi connectivity index (χ3n) is 3.00. The maximum atomic E-state index is 10.9. The highest BCUT2D eigenvalue weighted by Crippen LogP contribution is 2.29. The van der Waals surface area contributed by atoms with E-state index in [1.54, 1.807) is 12.5 Å². The summed E-state index contributed by atoms with van der Waals surface area (Å²) in [6, 6.07) is 1.48. The van der Waals surface area contributed by atoms with Crippen molar-refractivity contribution in [2.24, 2.45) is 0 Å². The predicted octanol–water partition coefficient (Wildman–Crippen LogP) is 3.37. The van der Waals surface area contributed by atoms with E-state index < -0.39 is 5.97 Å². The number of nitrogens with zero attached hydrogens (tertiary/aromatic N) is 3. The molecule has 3 aromatic rings. The van der Waals surface area contributed by atoms with Crippen LogP contribution in [0.3, 0.4) is 0 Å². The first-order valence-electron chi connectivity index (χ1n) is 6.47. The molecule has 108 valence electrons. The Hall–Kier alpha value is -2.41. The zero-order valence-corrected chi connectivity index (χ0v) is 12.1. The third kappa shape index (κ3) is 2.59. The Labute approximate surface area is 124 Å². The quantitative estimate of drug-likeness (QED) is 0.781. The van der Waals surface area contributed by atoms with Crippen molar-refractivity contribution in [3.8, 4) is 22.2 Å². The summed E-state index contributed by atoms with van der Waals surface area (Å²) in [4.78, 5) is 19.5. The van der Waals surface area contributed by atoms with Crippen molar-refractivity contribution in [3.63, 3.8) is 0 Å². The van der Waals surface area contributed by atoms with E-state index in [9.17, 15) is 4.79 Å². The van der Waals surface area contributed by atoms with Gasteiger partial charge in [-0.1, -0.05) is 6.92 Å². The van der Waals surface area contributed by atoms with E-state index in [4.69, 9.17) is 9.52 Å². The molecule has 3 heterocycles. The van der Waals surface area contributed by atoms with Gasteiger partial charge in [0.05, 0.1) is 23.8 Å². The van der Waals surface area contributed by atoms with Gasteiger partial charge in [0.15, 0.2) is 5.76 Å². The maximum absolute atomic E-state index is 10.9. The van der Waals surface area contributed by atoms with Crippen molar-refractivity contribution >= 4 is 17.3 Å². The second-order valence-corrected chi connectivity index (χ2v) is 5.37. The predicted molar refractivity (Wildman–Crippen MR) is 78.3 cm³/mol. The Bertz CT molecular complexity index is 772. The SMILES string of the molecule is CCCn1cncc1-c1nc(-c2cc(C(=O)O)co2)cs1. The Kier molecular flexibility index (Phi) is 3.57. The minimum atomic E-state index is -1.01. The number of carbonyl (C=O) groups is 1. The summed E-state index contributed by atoms with van der Waals surface area (Å²) in [5.74, 6) is -0.557. The summed E-state index contributed by atoms with van der Waals surface area (Å²) >= 11 is 1.48. The van der Waals surface area contributed by atoms with Gasteiger partial charge in [-0.05, 0) is 6.42 Å². The fourth-order valence-electron chi connectivity index (χ4n) is 2.01. The van der Waals surface area contributed by atoms with Gasteiger partial charge in [-0.25, -0.2) is 14.8 Å². The number of thiazole rings is 1. The lowest BCUT2D eigenvalue weighted by atomic mass is 10.3. The van der Waals surface area contributed by atoms with Crippen LogP contribution >= 0.6 is 11.3 Å². The van der Waals surface area contributed by atoms with Crippen LogP contribution in [0.2, 0.25) is 0 Å². The maximum Gasteiger partial charge on any atom is 0.338 e. The average Bonchev–Trinajstić information content (AvgIpc) is 3.18. The van der Waals surface area contributed by atoms with E-state index >= 15 is 0 Å². The van der Waals surface area contributed by atoms with E-state index in [0.717, 1.165) is 23.7 Å².